The van der Waals surface area contributed by atoms with E-state index in [4.69, 9.17) is 0 Å². The third kappa shape index (κ3) is 1.84. The molecule has 0 radical (unpaired) electrons. The van der Waals surface area contributed by atoms with Gasteiger partial charge in [-0.15, -0.1) is 11.3 Å². The molecule has 1 aromatic rings. The highest BCUT2D eigenvalue weighted by Gasteiger charge is 2.51. The minimum Gasteiger partial charge on any atom is -0.316 e. The van der Waals surface area contributed by atoms with E-state index in [1.165, 1.54) is 26.1 Å². The molecule has 0 bridgehead atoms. The molecular weight excluding hydrogens is 240 g/mol. The lowest BCUT2D eigenvalue weighted by atomic mass is 9.84. The van der Waals surface area contributed by atoms with Crippen molar-refractivity contribution in [1.82, 2.24) is 10.2 Å². The maximum Gasteiger partial charge on any atom is 0.0444 e. The first kappa shape index (κ1) is 12.6. The van der Waals surface area contributed by atoms with Gasteiger partial charge in [-0.25, -0.2) is 0 Å². The van der Waals surface area contributed by atoms with Gasteiger partial charge in [0.05, 0.1) is 0 Å². The van der Waals surface area contributed by atoms with Gasteiger partial charge in [-0.2, -0.15) is 0 Å². The van der Waals surface area contributed by atoms with Crippen LogP contribution in [0.1, 0.15) is 38.1 Å². The molecule has 3 heterocycles. The second-order valence-corrected chi connectivity index (χ2v) is 7.25. The Balaban J connectivity index is 1.87. The number of fused-ring (bicyclic) bond motifs is 1. The van der Waals surface area contributed by atoms with Gasteiger partial charge < -0.3 is 5.32 Å². The van der Waals surface area contributed by atoms with E-state index in [1.807, 2.05) is 11.3 Å². The number of likely N-dealkylation sites (tertiary alicyclic amines) is 1. The van der Waals surface area contributed by atoms with Crippen LogP contribution < -0.4 is 5.32 Å². The van der Waals surface area contributed by atoms with Crippen LogP contribution in [0.3, 0.4) is 0 Å². The summed E-state index contributed by atoms with van der Waals surface area (Å²) in [6.45, 7) is 10.9. The second-order valence-electron chi connectivity index (χ2n) is 6.27. The van der Waals surface area contributed by atoms with E-state index in [0.29, 0.717) is 11.6 Å². The summed E-state index contributed by atoms with van der Waals surface area (Å²) in [5, 5.41) is 5.78. The molecule has 0 aliphatic carbocycles. The van der Waals surface area contributed by atoms with Gasteiger partial charge >= 0.3 is 0 Å². The van der Waals surface area contributed by atoms with E-state index >= 15 is 0 Å². The molecular formula is C15H24N2S. The molecule has 3 atom stereocenters. The number of hydrogen-bond donors (Lipinski definition) is 1. The lowest BCUT2D eigenvalue weighted by Crippen LogP contribution is -2.46. The fraction of sp³-hybridized carbons (Fsp3) is 0.733. The highest BCUT2D eigenvalue weighted by Crippen LogP contribution is 2.46. The maximum atomic E-state index is 3.57. The normalized spacial score (nSPS) is 32.6. The zero-order chi connectivity index (χ0) is 12.8. The van der Waals surface area contributed by atoms with Crippen LogP contribution in [-0.2, 0) is 0 Å². The molecule has 2 aliphatic rings. The highest BCUT2D eigenvalue weighted by molar-refractivity contribution is 7.10. The number of nitrogens with one attached hydrogen (secondary N) is 1. The van der Waals surface area contributed by atoms with E-state index in [2.05, 4.69) is 48.5 Å². The van der Waals surface area contributed by atoms with Crippen LogP contribution in [0, 0.1) is 11.8 Å². The summed E-state index contributed by atoms with van der Waals surface area (Å²) in [6, 6.07) is 5.11. The van der Waals surface area contributed by atoms with Crippen molar-refractivity contribution in [2.45, 2.75) is 38.8 Å². The first-order valence-corrected chi connectivity index (χ1v) is 8.03. The Morgan fingerprint density at radius 3 is 2.94 bits per heavy atom. The predicted octanol–water partition coefficient (Wildman–Crippen LogP) is 3.13. The summed E-state index contributed by atoms with van der Waals surface area (Å²) >= 11 is 1.91. The monoisotopic (exact) mass is 264 g/mol. The average molecular weight is 264 g/mol. The highest BCUT2D eigenvalue weighted by atomic mass is 32.1. The van der Waals surface area contributed by atoms with Crippen LogP contribution in [0.4, 0.5) is 0 Å². The zero-order valence-electron chi connectivity index (χ0n) is 11.6. The van der Waals surface area contributed by atoms with Crippen LogP contribution >= 0.6 is 11.3 Å². The number of hydrogen-bond acceptors (Lipinski definition) is 3. The van der Waals surface area contributed by atoms with Crippen molar-refractivity contribution in [3.63, 3.8) is 0 Å². The molecule has 0 spiro atoms. The number of nitrogens with zero attached hydrogens (tertiary/aromatic N) is 1. The van der Waals surface area contributed by atoms with Crippen molar-refractivity contribution in [1.29, 1.82) is 0 Å². The van der Waals surface area contributed by atoms with Gasteiger partial charge in [0.1, 0.15) is 0 Å². The Morgan fingerprint density at radius 2 is 2.33 bits per heavy atom. The van der Waals surface area contributed by atoms with Crippen molar-refractivity contribution in [3.8, 4) is 0 Å². The summed E-state index contributed by atoms with van der Waals surface area (Å²) in [6.07, 6.45) is 1.22. The summed E-state index contributed by atoms with van der Waals surface area (Å²) in [7, 11) is 0. The van der Waals surface area contributed by atoms with E-state index in [0.717, 1.165) is 11.8 Å². The predicted molar refractivity (Wildman–Crippen MR) is 78.0 cm³/mol. The van der Waals surface area contributed by atoms with Crippen LogP contribution in [0.2, 0.25) is 0 Å². The molecule has 2 saturated heterocycles. The lowest BCUT2D eigenvalue weighted by molar-refractivity contribution is 0.0876. The number of rotatable bonds is 3. The van der Waals surface area contributed by atoms with Crippen molar-refractivity contribution in [2.75, 3.05) is 19.6 Å². The van der Waals surface area contributed by atoms with E-state index < -0.39 is 0 Å². The molecule has 2 aliphatic heterocycles. The number of thiophene rings is 1. The molecule has 0 aromatic carbocycles. The Morgan fingerprint density at radius 1 is 1.50 bits per heavy atom. The van der Waals surface area contributed by atoms with Gasteiger partial charge in [0.15, 0.2) is 0 Å². The first-order chi connectivity index (χ1) is 8.64. The molecule has 2 fully saturated rings. The van der Waals surface area contributed by atoms with Crippen LogP contribution in [0.5, 0.6) is 0 Å². The largest absolute Gasteiger partial charge is 0.316 e. The molecule has 2 nitrogen and oxygen atoms in total. The summed E-state index contributed by atoms with van der Waals surface area (Å²) in [5.41, 5.74) is 0.332. The standard InChI is InChI=1S/C15H24N2S/c1-4-13(14-6-5-7-18-14)17-10-11-8-16-9-12(11)15(17,2)3/h5-7,11-13,16H,4,8-10H2,1-3H3. The molecule has 0 saturated carbocycles. The van der Waals surface area contributed by atoms with Gasteiger partial charge in [0, 0.05) is 29.5 Å². The SMILES string of the molecule is CCC(c1cccs1)N1CC2CNCC2C1(C)C. The van der Waals surface area contributed by atoms with Gasteiger partial charge in [0.2, 0.25) is 0 Å². The van der Waals surface area contributed by atoms with Crippen molar-refractivity contribution < 1.29 is 0 Å². The molecule has 3 rings (SSSR count). The zero-order valence-corrected chi connectivity index (χ0v) is 12.5. The molecule has 3 heteroatoms. The quantitative estimate of drug-likeness (QED) is 0.902. The molecule has 1 aromatic heterocycles. The van der Waals surface area contributed by atoms with Crippen molar-refractivity contribution >= 4 is 11.3 Å². The summed E-state index contributed by atoms with van der Waals surface area (Å²) in [5.74, 6) is 1.68. The summed E-state index contributed by atoms with van der Waals surface area (Å²) < 4.78 is 0. The Labute approximate surface area is 114 Å². The Kier molecular flexibility index (Phi) is 3.25. The van der Waals surface area contributed by atoms with Gasteiger partial charge in [-0.05, 0) is 50.1 Å². The van der Waals surface area contributed by atoms with Crippen LogP contribution in [0.25, 0.3) is 0 Å². The van der Waals surface area contributed by atoms with Crippen LogP contribution in [0.15, 0.2) is 17.5 Å². The van der Waals surface area contributed by atoms with E-state index in [1.54, 1.807) is 4.88 Å². The smallest absolute Gasteiger partial charge is 0.0444 e. The molecule has 3 unspecified atom stereocenters. The van der Waals surface area contributed by atoms with Crippen molar-refractivity contribution in [2.24, 2.45) is 11.8 Å². The average Bonchev–Trinajstić information content (AvgIpc) is 3.01. The minimum absolute atomic E-state index is 0.332. The molecule has 100 valence electrons. The van der Waals surface area contributed by atoms with Gasteiger partial charge in [0.25, 0.3) is 0 Å². The second kappa shape index (κ2) is 4.62. The van der Waals surface area contributed by atoms with E-state index in [9.17, 15) is 0 Å². The van der Waals surface area contributed by atoms with Crippen LogP contribution in [-0.4, -0.2) is 30.1 Å². The molecule has 18 heavy (non-hydrogen) atoms. The lowest BCUT2D eigenvalue weighted by Gasteiger charge is -2.40. The molecule has 0 amide bonds. The fourth-order valence-electron chi connectivity index (χ4n) is 4.04. The van der Waals surface area contributed by atoms with Gasteiger partial charge in [-0.1, -0.05) is 13.0 Å². The van der Waals surface area contributed by atoms with Gasteiger partial charge in [-0.3, -0.25) is 4.90 Å². The Hall–Kier alpha value is -0.380. The maximum absolute atomic E-state index is 3.57. The van der Waals surface area contributed by atoms with E-state index in [-0.39, 0.29) is 0 Å². The summed E-state index contributed by atoms with van der Waals surface area (Å²) in [4.78, 5) is 4.31. The first-order valence-electron chi connectivity index (χ1n) is 7.15. The minimum atomic E-state index is 0.332. The topological polar surface area (TPSA) is 15.3 Å². The third-order valence-electron chi connectivity index (χ3n) is 5.05. The molecule has 1 N–H and O–H groups in total. The van der Waals surface area contributed by atoms with Crippen molar-refractivity contribution in [3.05, 3.63) is 22.4 Å². The fourth-order valence-corrected chi connectivity index (χ4v) is 4.96. The Bertz CT molecular complexity index is 399. The third-order valence-corrected chi connectivity index (χ3v) is 6.03.